The molecule has 0 heterocycles. The molecule has 3 rings (SSSR count). The van der Waals surface area contributed by atoms with Gasteiger partial charge in [-0.3, -0.25) is 4.79 Å². The Kier molecular flexibility index (Phi) is 6.38. The molecule has 0 unspecified atom stereocenters. The van der Waals surface area contributed by atoms with Crippen molar-refractivity contribution >= 4 is 27.3 Å². The standard InChI is InChI=1S/C21H14ClF4NO3S/c22-17-10-13(8-9-18(17)23)20(28)27-12-14-4-1-2-7-19(14)31(29,30)16-6-3-5-15(11-16)21(24,25)26/h1-11H,12H2,(H,27,28). The summed E-state index contributed by atoms with van der Waals surface area (Å²) in [5.74, 6) is -1.33. The Bertz CT molecular complexity index is 1240. The lowest BCUT2D eigenvalue weighted by atomic mass is 10.2. The first-order valence-electron chi connectivity index (χ1n) is 8.73. The molecule has 0 bridgehead atoms. The molecule has 31 heavy (non-hydrogen) atoms. The van der Waals surface area contributed by atoms with E-state index < -0.39 is 38.2 Å². The van der Waals surface area contributed by atoms with Crippen LogP contribution in [0.3, 0.4) is 0 Å². The van der Waals surface area contributed by atoms with Gasteiger partial charge in [-0.25, -0.2) is 12.8 Å². The zero-order valence-electron chi connectivity index (χ0n) is 15.6. The number of nitrogens with one attached hydrogen (secondary N) is 1. The molecule has 0 radical (unpaired) electrons. The Morgan fingerprint density at radius 2 is 1.68 bits per heavy atom. The van der Waals surface area contributed by atoms with Crippen LogP contribution < -0.4 is 5.32 Å². The van der Waals surface area contributed by atoms with E-state index >= 15 is 0 Å². The van der Waals surface area contributed by atoms with Gasteiger partial charge in [-0.1, -0.05) is 35.9 Å². The van der Waals surface area contributed by atoms with Crippen molar-refractivity contribution in [2.75, 3.05) is 0 Å². The molecule has 0 spiro atoms. The maximum atomic E-state index is 13.3. The second kappa shape index (κ2) is 8.68. The molecule has 1 amide bonds. The number of hydrogen-bond donors (Lipinski definition) is 1. The summed E-state index contributed by atoms with van der Waals surface area (Å²) in [4.78, 5) is 11.5. The first kappa shape index (κ1) is 22.8. The van der Waals surface area contributed by atoms with E-state index in [0.717, 1.165) is 30.3 Å². The molecule has 0 aliphatic heterocycles. The quantitative estimate of drug-likeness (QED) is 0.516. The number of benzene rings is 3. The lowest BCUT2D eigenvalue weighted by molar-refractivity contribution is -0.137. The first-order valence-corrected chi connectivity index (χ1v) is 10.6. The van der Waals surface area contributed by atoms with Crippen molar-refractivity contribution in [2.45, 2.75) is 22.5 Å². The highest BCUT2D eigenvalue weighted by molar-refractivity contribution is 7.91. The second-order valence-electron chi connectivity index (χ2n) is 6.45. The number of rotatable bonds is 5. The Labute approximate surface area is 180 Å². The van der Waals surface area contributed by atoms with Gasteiger partial charge in [0.2, 0.25) is 9.84 Å². The van der Waals surface area contributed by atoms with Crippen molar-refractivity contribution in [3.8, 4) is 0 Å². The molecule has 0 fully saturated rings. The molecule has 1 N–H and O–H groups in total. The summed E-state index contributed by atoms with van der Waals surface area (Å²) in [6.07, 6.45) is -4.70. The molecule has 0 aliphatic carbocycles. The molecule has 3 aromatic rings. The summed E-state index contributed by atoms with van der Waals surface area (Å²) >= 11 is 5.66. The van der Waals surface area contributed by atoms with Gasteiger partial charge in [-0.15, -0.1) is 0 Å². The van der Waals surface area contributed by atoms with E-state index in [1.165, 1.54) is 30.3 Å². The first-order chi connectivity index (χ1) is 14.5. The number of sulfone groups is 1. The molecular weight excluding hydrogens is 458 g/mol. The molecule has 162 valence electrons. The van der Waals surface area contributed by atoms with Crippen molar-refractivity contribution < 1.29 is 30.8 Å². The molecule has 0 aliphatic rings. The highest BCUT2D eigenvalue weighted by atomic mass is 35.5. The number of amides is 1. The van der Waals surface area contributed by atoms with E-state index in [9.17, 15) is 30.8 Å². The van der Waals surface area contributed by atoms with Crippen molar-refractivity contribution in [3.05, 3.63) is 94.3 Å². The molecule has 0 saturated heterocycles. The van der Waals surface area contributed by atoms with Crippen LogP contribution >= 0.6 is 11.6 Å². The van der Waals surface area contributed by atoms with Crippen molar-refractivity contribution in [1.82, 2.24) is 5.32 Å². The van der Waals surface area contributed by atoms with Crippen LogP contribution in [-0.4, -0.2) is 14.3 Å². The van der Waals surface area contributed by atoms with Gasteiger partial charge in [0.15, 0.2) is 0 Å². The number of alkyl halides is 3. The zero-order valence-corrected chi connectivity index (χ0v) is 17.2. The van der Waals surface area contributed by atoms with Gasteiger partial charge in [0, 0.05) is 12.1 Å². The van der Waals surface area contributed by atoms with Crippen LogP contribution in [0.1, 0.15) is 21.5 Å². The number of hydrogen-bond acceptors (Lipinski definition) is 3. The van der Waals surface area contributed by atoms with Crippen molar-refractivity contribution in [1.29, 1.82) is 0 Å². The minimum Gasteiger partial charge on any atom is -0.348 e. The predicted octanol–water partition coefficient (Wildman–Crippen LogP) is 5.26. The average molecular weight is 472 g/mol. The van der Waals surface area contributed by atoms with Gasteiger partial charge in [0.1, 0.15) is 5.82 Å². The fourth-order valence-electron chi connectivity index (χ4n) is 2.79. The van der Waals surface area contributed by atoms with Crippen LogP contribution in [-0.2, 0) is 22.6 Å². The van der Waals surface area contributed by atoms with E-state index in [2.05, 4.69) is 5.32 Å². The molecule has 10 heteroatoms. The third-order valence-electron chi connectivity index (χ3n) is 4.35. The second-order valence-corrected chi connectivity index (χ2v) is 8.77. The molecule has 4 nitrogen and oxygen atoms in total. The van der Waals surface area contributed by atoms with Crippen LogP contribution in [0.25, 0.3) is 0 Å². The topological polar surface area (TPSA) is 63.2 Å². The zero-order chi connectivity index (χ0) is 22.8. The van der Waals surface area contributed by atoms with E-state index in [1.807, 2.05) is 0 Å². The molecule has 0 aromatic heterocycles. The van der Waals surface area contributed by atoms with Crippen LogP contribution in [0, 0.1) is 5.82 Å². The molecular formula is C21H14ClF4NO3S. The minimum atomic E-state index is -4.70. The van der Waals surface area contributed by atoms with Crippen LogP contribution in [0.15, 0.2) is 76.5 Å². The lowest BCUT2D eigenvalue weighted by Gasteiger charge is -2.13. The van der Waals surface area contributed by atoms with E-state index in [-0.39, 0.29) is 27.6 Å². The Hall–Kier alpha value is -2.91. The fourth-order valence-corrected chi connectivity index (χ4v) is 4.51. The molecule has 0 saturated carbocycles. The largest absolute Gasteiger partial charge is 0.416 e. The van der Waals surface area contributed by atoms with Gasteiger partial charge in [0.05, 0.1) is 20.4 Å². The maximum Gasteiger partial charge on any atom is 0.416 e. The highest BCUT2D eigenvalue weighted by Gasteiger charge is 2.32. The maximum absolute atomic E-state index is 13.3. The van der Waals surface area contributed by atoms with Gasteiger partial charge >= 0.3 is 6.18 Å². The summed E-state index contributed by atoms with van der Waals surface area (Å²) in [5, 5.41) is 2.25. The van der Waals surface area contributed by atoms with Gasteiger partial charge in [-0.2, -0.15) is 13.2 Å². The number of halogens is 5. The third kappa shape index (κ3) is 5.05. The highest BCUT2D eigenvalue weighted by Crippen LogP contribution is 2.32. The SMILES string of the molecule is O=C(NCc1ccccc1S(=O)(=O)c1cccc(C(F)(F)F)c1)c1ccc(F)c(Cl)c1. The fraction of sp³-hybridized carbons (Fsp3) is 0.0952. The van der Waals surface area contributed by atoms with E-state index in [4.69, 9.17) is 11.6 Å². The van der Waals surface area contributed by atoms with Crippen LogP contribution in [0.2, 0.25) is 5.02 Å². The van der Waals surface area contributed by atoms with E-state index in [1.54, 1.807) is 0 Å². The summed E-state index contributed by atoms with van der Waals surface area (Å²) in [6.45, 7) is -0.234. The third-order valence-corrected chi connectivity index (χ3v) is 6.50. The summed E-state index contributed by atoms with van der Waals surface area (Å²) in [5.41, 5.74) is -0.862. The van der Waals surface area contributed by atoms with Crippen LogP contribution in [0.4, 0.5) is 17.6 Å². The molecule has 0 atom stereocenters. The summed E-state index contributed by atoms with van der Waals surface area (Å²) in [7, 11) is -4.30. The van der Waals surface area contributed by atoms with Gasteiger partial charge in [-0.05, 0) is 48.0 Å². The van der Waals surface area contributed by atoms with Gasteiger partial charge in [0.25, 0.3) is 5.91 Å². The summed E-state index contributed by atoms with van der Waals surface area (Å²) < 4.78 is 78.2. The van der Waals surface area contributed by atoms with Gasteiger partial charge < -0.3 is 5.32 Å². The Balaban J connectivity index is 1.89. The minimum absolute atomic E-state index is 0.0598. The monoisotopic (exact) mass is 471 g/mol. The summed E-state index contributed by atoms with van der Waals surface area (Å²) in [6, 6.07) is 12.4. The smallest absolute Gasteiger partial charge is 0.348 e. The number of carbonyl (C=O) groups is 1. The van der Waals surface area contributed by atoms with Crippen LogP contribution in [0.5, 0.6) is 0 Å². The lowest BCUT2D eigenvalue weighted by Crippen LogP contribution is -2.24. The Morgan fingerprint density at radius 1 is 0.968 bits per heavy atom. The molecule has 3 aromatic carbocycles. The Morgan fingerprint density at radius 3 is 2.35 bits per heavy atom. The van der Waals surface area contributed by atoms with E-state index in [0.29, 0.717) is 6.07 Å². The van der Waals surface area contributed by atoms with Crippen molar-refractivity contribution in [2.24, 2.45) is 0 Å². The predicted molar refractivity (Wildman–Crippen MR) is 106 cm³/mol. The average Bonchev–Trinajstić information content (AvgIpc) is 2.73. The van der Waals surface area contributed by atoms with Crippen molar-refractivity contribution in [3.63, 3.8) is 0 Å². The number of carbonyl (C=O) groups excluding carboxylic acids is 1. The normalized spacial score (nSPS) is 11.9.